The van der Waals surface area contributed by atoms with Crippen LogP contribution in [0.1, 0.15) is 24.7 Å². The molecule has 1 unspecified atom stereocenters. The number of aryl methyl sites for hydroxylation is 1. The van der Waals surface area contributed by atoms with Crippen LogP contribution >= 0.6 is 12.2 Å². The lowest BCUT2D eigenvalue weighted by Crippen LogP contribution is -2.36. The molecule has 0 saturated carbocycles. The first kappa shape index (κ1) is 12.2. The van der Waals surface area contributed by atoms with Crippen LogP contribution in [0.3, 0.4) is 0 Å². The minimum absolute atomic E-state index is 0.110. The Kier molecular flexibility index (Phi) is 3.26. The molecule has 1 aromatic heterocycles. The quantitative estimate of drug-likeness (QED) is 0.782. The largest absolute Gasteiger partial charge is 0.388 e. The summed E-state index contributed by atoms with van der Waals surface area (Å²) in [6.45, 7) is 5.40. The van der Waals surface area contributed by atoms with Gasteiger partial charge in [0.1, 0.15) is 10.7 Å². The van der Waals surface area contributed by atoms with Crippen LogP contribution in [0.4, 0.5) is 5.95 Å². The van der Waals surface area contributed by atoms with Crippen molar-refractivity contribution in [1.29, 1.82) is 0 Å². The van der Waals surface area contributed by atoms with Crippen molar-refractivity contribution in [3.05, 3.63) is 17.5 Å². The van der Waals surface area contributed by atoms with Gasteiger partial charge in [0.15, 0.2) is 0 Å². The number of anilines is 1. The van der Waals surface area contributed by atoms with Gasteiger partial charge in [-0.25, -0.2) is 9.97 Å². The van der Waals surface area contributed by atoms with Gasteiger partial charge in [0.2, 0.25) is 5.95 Å². The van der Waals surface area contributed by atoms with Crippen LogP contribution < -0.4 is 11.1 Å². The molecule has 0 amide bonds. The summed E-state index contributed by atoms with van der Waals surface area (Å²) < 4.78 is 5.37. The minimum atomic E-state index is -0.110. The summed E-state index contributed by atoms with van der Waals surface area (Å²) in [7, 11) is 0. The Morgan fingerprint density at radius 1 is 1.59 bits per heavy atom. The van der Waals surface area contributed by atoms with Gasteiger partial charge in [0, 0.05) is 12.3 Å². The molecule has 5 nitrogen and oxygen atoms in total. The van der Waals surface area contributed by atoms with E-state index >= 15 is 0 Å². The maximum atomic E-state index is 5.58. The SMILES string of the molecule is Cc1cc(C(N)=S)nc(NC2(C)CCOC2)n1. The Morgan fingerprint density at radius 3 is 2.94 bits per heavy atom. The summed E-state index contributed by atoms with van der Waals surface area (Å²) in [5, 5.41) is 3.29. The normalized spacial score (nSPS) is 23.6. The molecule has 1 fully saturated rings. The van der Waals surface area contributed by atoms with E-state index in [2.05, 4.69) is 22.2 Å². The molecule has 0 spiro atoms. The van der Waals surface area contributed by atoms with E-state index in [1.54, 1.807) is 6.07 Å². The van der Waals surface area contributed by atoms with Gasteiger partial charge in [-0.1, -0.05) is 12.2 Å². The zero-order valence-electron chi connectivity index (χ0n) is 9.99. The second-order valence-electron chi connectivity index (χ2n) is 4.57. The second kappa shape index (κ2) is 4.54. The van der Waals surface area contributed by atoms with E-state index in [0.29, 0.717) is 18.2 Å². The molecule has 0 bridgehead atoms. The molecule has 1 aromatic rings. The maximum Gasteiger partial charge on any atom is 0.224 e. The number of nitrogens with one attached hydrogen (secondary N) is 1. The van der Waals surface area contributed by atoms with Gasteiger partial charge in [0.25, 0.3) is 0 Å². The Morgan fingerprint density at radius 2 is 2.35 bits per heavy atom. The van der Waals surface area contributed by atoms with Gasteiger partial charge in [-0.15, -0.1) is 0 Å². The van der Waals surface area contributed by atoms with Crippen molar-refractivity contribution in [2.45, 2.75) is 25.8 Å². The molecule has 1 aliphatic rings. The van der Waals surface area contributed by atoms with Crippen molar-refractivity contribution >= 4 is 23.2 Å². The Labute approximate surface area is 106 Å². The predicted molar refractivity (Wildman–Crippen MR) is 70.1 cm³/mol. The first-order chi connectivity index (χ1) is 7.98. The van der Waals surface area contributed by atoms with E-state index in [-0.39, 0.29) is 10.5 Å². The van der Waals surface area contributed by atoms with Crippen molar-refractivity contribution in [3.8, 4) is 0 Å². The minimum Gasteiger partial charge on any atom is -0.388 e. The fourth-order valence-electron chi connectivity index (χ4n) is 1.79. The summed E-state index contributed by atoms with van der Waals surface area (Å²) >= 11 is 4.93. The average molecular weight is 252 g/mol. The highest BCUT2D eigenvalue weighted by Gasteiger charge is 2.30. The highest BCUT2D eigenvalue weighted by atomic mass is 32.1. The Bertz CT molecular complexity index is 443. The van der Waals surface area contributed by atoms with Crippen LogP contribution in [-0.2, 0) is 4.74 Å². The predicted octanol–water partition coefficient (Wildman–Crippen LogP) is 1.01. The van der Waals surface area contributed by atoms with Crippen LogP contribution in [0.2, 0.25) is 0 Å². The molecule has 2 heterocycles. The summed E-state index contributed by atoms with van der Waals surface area (Å²) in [5.74, 6) is 0.556. The average Bonchev–Trinajstić information content (AvgIpc) is 2.63. The number of thiocarbonyl (C=S) groups is 1. The summed E-state index contributed by atoms with van der Waals surface area (Å²) in [6.07, 6.45) is 0.937. The summed E-state index contributed by atoms with van der Waals surface area (Å²) in [5.41, 5.74) is 6.91. The number of aromatic nitrogens is 2. The summed E-state index contributed by atoms with van der Waals surface area (Å²) in [6, 6.07) is 1.78. The maximum absolute atomic E-state index is 5.58. The molecule has 1 aliphatic heterocycles. The van der Waals surface area contributed by atoms with Gasteiger partial charge in [-0.3, -0.25) is 0 Å². The van der Waals surface area contributed by atoms with Crippen molar-refractivity contribution in [1.82, 2.24) is 9.97 Å². The molecule has 1 atom stereocenters. The monoisotopic (exact) mass is 252 g/mol. The van der Waals surface area contributed by atoms with Crippen LogP contribution in [0, 0.1) is 6.92 Å². The third-order valence-corrected chi connectivity index (χ3v) is 2.95. The van der Waals surface area contributed by atoms with Crippen molar-refractivity contribution in [2.75, 3.05) is 18.5 Å². The highest BCUT2D eigenvalue weighted by Crippen LogP contribution is 2.22. The standard InChI is InChI=1S/C11H16N4OS/c1-7-5-8(9(12)17)14-10(13-7)15-11(2)3-4-16-6-11/h5H,3-4,6H2,1-2H3,(H2,12,17)(H,13,14,15). The third-order valence-electron chi connectivity index (χ3n) is 2.74. The zero-order valence-corrected chi connectivity index (χ0v) is 10.8. The summed E-state index contributed by atoms with van der Waals surface area (Å²) in [4.78, 5) is 8.91. The lowest BCUT2D eigenvalue weighted by Gasteiger charge is -2.23. The first-order valence-electron chi connectivity index (χ1n) is 5.50. The van der Waals surface area contributed by atoms with E-state index in [1.807, 2.05) is 6.92 Å². The molecule has 6 heteroatoms. The molecule has 17 heavy (non-hydrogen) atoms. The third kappa shape index (κ3) is 2.89. The molecule has 92 valence electrons. The van der Waals surface area contributed by atoms with E-state index < -0.39 is 0 Å². The van der Waals surface area contributed by atoms with Crippen molar-refractivity contribution < 1.29 is 4.74 Å². The lowest BCUT2D eigenvalue weighted by molar-refractivity contribution is 0.185. The van der Waals surface area contributed by atoms with Crippen LogP contribution in [0.5, 0.6) is 0 Å². The van der Waals surface area contributed by atoms with Gasteiger partial charge in [-0.2, -0.15) is 0 Å². The Hall–Kier alpha value is -1.27. The molecule has 0 radical (unpaired) electrons. The fraction of sp³-hybridized carbons (Fsp3) is 0.545. The number of hydrogen-bond donors (Lipinski definition) is 2. The fourth-order valence-corrected chi connectivity index (χ4v) is 1.89. The van der Waals surface area contributed by atoms with E-state index in [1.165, 1.54) is 0 Å². The molecule has 0 aliphatic carbocycles. The lowest BCUT2D eigenvalue weighted by atomic mass is 10.0. The van der Waals surface area contributed by atoms with E-state index in [9.17, 15) is 0 Å². The van der Waals surface area contributed by atoms with Crippen LogP contribution in [0.15, 0.2) is 6.07 Å². The molecule has 1 saturated heterocycles. The highest BCUT2D eigenvalue weighted by molar-refractivity contribution is 7.80. The Balaban J connectivity index is 2.23. The van der Waals surface area contributed by atoms with Crippen LogP contribution in [-0.4, -0.2) is 33.7 Å². The van der Waals surface area contributed by atoms with Gasteiger partial charge in [-0.05, 0) is 26.3 Å². The molecular formula is C11H16N4OS. The number of ether oxygens (including phenoxy) is 1. The number of hydrogen-bond acceptors (Lipinski definition) is 5. The van der Waals surface area contributed by atoms with Crippen molar-refractivity contribution in [2.24, 2.45) is 5.73 Å². The first-order valence-corrected chi connectivity index (χ1v) is 5.91. The second-order valence-corrected chi connectivity index (χ2v) is 5.01. The van der Waals surface area contributed by atoms with Gasteiger partial charge >= 0.3 is 0 Å². The van der Waals surface area contributed by atoms with Crippen molar-refractivity contribution in [3.63, 3.8) is 0 Å². The van der Waals surface area contributed by atoms with E-state index in [4.69, 9.17) is 22.7 Å². The van der Waals surface area contributed by atoms with Crippen LogP contribution in [0.25, 0.3) is 0 Å². The van der Waals surface area contributed by atoms with Gasteiger partial charge in [0.05, 0.1) is 12.1 Å². The number of rotatable bonds is 3. The topological polar surface area (TPSA) is 73.1 Å². The zero-order chi connectivity index (χ0) is 12.5. The smallest absolute Gasteiger partial charge is 0.224 e. The van der Waals surface area contributed by atoms with Gasteiger partial charge < -0.3 is 15.8 Å². The molecule has 3 N–H and O–H groups in total. The number of nitrogens with two attached hydrogens (primary N) is 1. The van der Waals surface area contributed by atoms with E-state index in [0.717, 1.165) is 18.7 Å². The molecule has 0 aromatic carbocycles. The molecular weight excluding hydrogens is 236 g/mol. The molecule has 2 rings (SSSR count). The number of nitrogens with zero attached hydrogens (tertiary/aromatic N) is 2.